The van der Waals surface area contributed by atoms with Crippen LogP contribution in [0.4, 0.5) is 0 Å². The lowest BCUT2D eigenvalue weighted by Crippen LogP contribution is -2.46. The summed E-state index contributed by atoms with van der Waals surface area (Å²) in [4.78, 5) is 20.3. The number of rotatable bonds is 7. The molecule has 1 fully saturated rings. The fourth-order valence-electron chi connectivity index (χ4n) is 2.37. The molecule has 0 unspecified atom stereocenters. The first kappa shape index (κ1) is 16.3. The largest absolute Gasteiger partial charge is 0.477 e. The van der Waals surface area contributed by atoms with Crippen molar-refractivity contribution in [1.82, 2.24) is 14.8 Å². The minimum Gasteiger partial charge on any atom is -0.477 e. The standard InChI is InChI=1S/C13H21N3O4S/c1-20-9-10-12(13(18)19)21-11(14-10)8-16-4-2-15(3-5-16)6-7-17/h17H,2-9H2,1H3,(H,18,19). The van der Waals surface area contributed by atoms with Crippen LogP contribution in [0.1, 0.15) is 20.4 Å². The molecule has 0 aliphatic carbocycles. The van der Waals surface area contributed by atoms with Gasteiger partial charge in [-0.3, -0.25) is 9.80 Å². The van der Waals surface area contributed by atoms with Crippen LogP contribution in [0.25, 0.3) is 0 Å². The molecule has 2 N–H and O–H groups in total. The number of aliphatic hydroxyl groups excluding tert-OH is 1. The number of nitrogens with zero attached hydrogens (tertiary/aromatic N) is 3. The van der Waals surface area contributed by atoms with Gasteiger partial charge < -0.3 is 14.9 Å². The topological polar surface area (TPSA) is 86.1 Å². The third-order valence-corrected chi connectivity index (χ3v) is 4.53. The normalized spacial score (nSPS) is 17.2. The summed E-state index contributed by atoms with van der Waals surface area (Å²) in [6.45, 7) is 5.44. The van der Waals surface area contributed by atoms with Crippen molar-refractivity contribution >= 4 is 17.3 Å². The van der Waals surface area contributed by atoms with Crippen LogP contribution in [-0.4, -0.2) is 77.4 Å². The lowest BCUT2D eigenvalue weighted by Gasteiger charge is -2.33. The first-order chi connectivity index (χ1) is 10.1. The van der Waals surface area contributed by atoms with Crippen molar-refractivity contribution in [3.63, 3.8) is 0 Å². The SMILES string of the molecule is COCc1nc(CN2CCN(CCO)CC2)sc1C(=O)O. The van der Waals surface area contributed by atoms with Crippen LogP contribution in [0.15, 0.2) is 0 Å². The average molecular weight is 315 g/mol. The zero-order valence-electron chi connectivity index (χ0n) is 12.1. The fourth-order valence-corrected chi connectivity index (χ4v) is 3.32. The van der Waals surface area contributed by atoms with E-state index in [9.17, 15) is 9.90 Å². The van der Waals surface area contributed by atoms with Gasteiger partial charge in [0.25, 0.3) is 0 Å². The molecule has 0 spiro atoms. The number of carbonyl (C=O) groups is 1. The van der Waals surface area contributed by atoms with Crippen molar-refractivity contribution in [3.8, 4) is 0 Å². The number of thiazole rings is 1. The van der Waals surface area contributed by atoms with Gasteiger partial charge in [-0.2, -0.15) is 0 Å². The molecule has 0 amide bonds. The number of aromatic nitrogens is 1. The van der Waals surface area contributed by atoms with E-state index in [4.69, 9.17) is 9.84 Å². The molecule has 1 aliphatic heterocycles. The van der Waals surface area contributed by atoms with E-state index in [2.05, 4.69) is 14.8 Å². The summed E-state index contributed by atoms with van der Waals surface area (Å²) >= 11 is 1.23. The highest BCUT2D eigenvalue weighted by molar-refractivity contribution is 7.13. The quantitative estimate of drug-likeness (QED) is 0.738. The van der Waals surface area contributed by atoms with Crippen molar-refractivity contribution in [1.29, 1.82) is 0 Å². The summed E-state index contributed by atoms with van der Waals surface area (Å²) in [7, 11) is 1.53. The van der Waals surface area contributed by atoms with Crippen LogP contribution in [0.2, 0.25) is 0 Å². The van der Waals surface area contributed by atoms with Gasteiger partial charge in [0.2, 0.25) is 0 Å². The second kappa shape index (κ2) is 7.81. The molecule has 2 heterocycles. The first-order valence-electron chi connectivity index (χ1n) is 6.90. The highest BCUT2D eigenvalue weighted by Crippen LogP contribution is 2.21. The Morgan fingerprint density at radius 2 is 2.00 bits per heavy atom. The Balaban J connectivity index is 1.94. The number of β-amino-alcohol motifs (C(OH)–C–C–N with tert-alkyl or cyclic N) is 1. The van der Waals surface area contributed by atoms with Crippen LogP contribution >= 0.6 is 11.3 Å². The van der Waals surface area contributed by atoms with Crippen molar-refractivity contribution in [3.05, 3.63) is 15.6 Å². The van der Waals surface area contributed by atoms with Gasteiger partial charge in [0.1, 0.15) is 9.88 Å². The van der Waals surface area contributed by atoms with E-state index < -0.39 is 5.97 Å². The minimum absolute atomic E-state index is 0.189. The molecule has 1 aromatic heterocycles. The third kappa shape index (κ3) is 4.45. The molecule has 0 bridgehead atoms. The molecule has 0 saturated carbocycles. The highest BCUT2D eigenvalue weighted by atomic mass is 32.1. The van der Waals surface area contributed by atoms with Crippen molar-refractivity contribution in [2.45, 2.75) is 13.2 Å². The predicted molar refractivity (Wildman–Crippen MR) is 78.6 cm³/mol. The van der Waals surface area contributed by atoms with Gasteiger partial charge in [0.15, 0.2) is 0 Å². The van der Waals surface area contributed by atoms with Gasteiger partial charge in [-0.25, -0.2) is 9.78 Å². The van der Waals surface area contributed by atoms with Crippen molar-refractivity contribution < 1.29 is 19.7 Å². The van der Waals surface area contributed by atoms with Crippen molar-refractivity contribution in [2.75, 3.05) is 46.4 Å². The Bertz CT molecular complexity index is 472. The Morgan fingerprint density at radius 3 is 2.57 bits per heavy atom. The smallest absolute Gasteiger partial charge is 0.347 e. The Morgan fingerprint density at radius 1 is 1.33 bits per heavy atom. The van der Waals surface area contributed by atoms with Gasteiger partial charge >= 0.3 is 5.97 Å². The number of methoxy groups -OCH3 is 1. The molecule has 1 aliphatic rings. The number of carboxylic acid groups (broad SMARTS) is 1. The first-order valence-corrected chi connectivity index (χ1v) is 7.72. The van der Waals surface area contributed by atoms with E-state index in [1.165, 1.54) is 18.4 Å². The molecule has 118 valence electrons. The summed E-state index contributed by atoms with van der Waals surface area (Å²) in [6.07, 6.45) is 0. The molecule has 0 atom stereocenters. The maximum absolute atomic E-state index is 11.2. The molecule has 21 heavy (non-hydrogen) atoms. The molecule has 0 radical (unpaired) electrons. The second-order valence-electron chi connectivity index (χ2n) is 4.96. The summed E-state index contributed by atoms with van der Waals surface area (Å²) in [5, 5.41) is 18.9. The number of aromatic carboxylic acids is 1. The molecule has 1 aromatic rings. The van der Waals surface area contributed by atoms with E-state index in [-0.39, 0.29) is 18.1 Å². The number of aliphatic hydroxyl groups is 1. The molecule has 7 nitrogen and oxygen atoms in total. The van der Waals surface area contributed by atoms with Crippen LogP contribution in [-0.2, 0) is 17.9 Å². The molecular weight excluding hydrogens is 294 g/mol. The zero-order chi connectivity index (χ0) is 15.2. The summed E-state index contributed by atoms with van der Waals surface area (Å²) < 4.78 is 5.00. The van der Waals surface area contributed by atoms with E-state index in [1.54, 1.807) is 0 Å². The van der Waals surface area contributed by atoms with E-state index in [1.807, 2.05) is 0 Å². The molecule has 8 heteroatoms. The lowest BCUT2D eigenvalue weighted by molar-refractivity contribution is 0.0697. The zero-order valence-corrected chi connectivity index (χ0v) is 12.9. The van der Waals surface area contributed by atoms with Crippen molar-refractivity contribution in [2.24, 2.45) is 0 Å². The number of piperazine rings is 1. The number of hydrogen-bond acceptors (Lipinski definition) is 7. The number of hydrogen-bond donors (Lipinski definition) is 2. The third-order valence-electron chi connectivity index (χ3n) is 3.46. The fraction of sp³-hybridized carbons (Fsp3) is 0.692. The Kier molecular flexibility index (Phi) is 6.07. The number of carboxylic acids is 1. The second-order valence-corrected chi connectivity index (χ2v) is 6.05. The highest BCUT2D eigenvalue weighted by Gasteiger charge is 2.21. The van der Waals surface area contributed by atoms with Crippen LogP contribution < -0.4 is 0 Å². The molecule has 2 rings (SSSR count). The number of ether oxygens (including phenoxy) is 1. The molecule has 0 aromatic carbocycles. The summed E-state index contributed by atoms with van der Waals surface area (Å²) in [6, 6.07) is 0. The van der Waals surface area contributed by atoms with Crippen LogP contribution in [0.3, 0.4) is 0 Å². The average Bonchev–Trinajstić information content (AvgIpc) is 2.85. The van der Waals surface area contributed by atoms with Crippen LogP contribution in [0.5, 0.6) is 0 Å². The van der Waals surface area contributed by atoms with Gasteiger partial charge in [0, 0.05) is 39.8 Å². The maximum Gasteiger partial charge on any atom is 0.347 e. The molecule has 1 saturated heterocycles. The van der Waals surface area contributed by atoms with Gasteiger partial charge in [-0.1, -0.05) is 0 Å². The van der Waals surface area contributed by atoms with Gasteiger partial charge in [-0.15, -0.1) is 11.3 Å². The Labute approximate surface area is 127 Å². The van der Waals surface area contributed by atoms with Crippen LogP contribution in [0, 0.1) is 0 Å². The van der Waals surface area contributed by atoms with E-state index in [0.717, 1.165) is 31.2 Å². The van der Waals surface area contributed by atoms with Gasteiger partial charge in [-0.05, 0) is 0 Å². The predicted octanol–water partition coefficient (Wildman–Crippen LogP) is 0.0976. The minimum atomic E-state index is -0.946. The summed E-state index contributed by atoms with van der Waals surface area (Å²) in [5.41, 5.74) is 0.504. The van der Waals surface area contributed by atoms with E-state index in [0.29, 0.717) is 18.8 Å². The Hall–Kier alpha value is -1.06. The van der Waals surface area contributed by atoms with Gasteiger partial charge in [0.05, 0.1) is 25.5 Å². The monoisotopic (exact) mass is 315 g/mol. The molecular formula is C13H21N3O4S. The lowest BCUT2D eigenvalue weighted by atomic mass is 10.3. The maximum atomic E-state index is 11.2. The van der Waals surface area contributed by atoms with E-state index >= 15 is 0 Å². The summed E-state index contributed by atoms with van der Waals surface area (Å²) in [5.74, 6) is -0.946.